The first kappa shape index (κ1) is 24.9. The summed E-state index contributed by atoms with van der Waals surface area (Å²) in [6, 6.07) is 49.7. The lowest BCUT2D eigenvalue weighted by Crippen LogP contribution is -2.28. The van der Waals surface area contributed by atoms with Crippen molar-refractivity contribution in [3.8, 4) is 22.3 Å². The van der Waals surface area contributed by atoms with Crippen LogP contribution in [0.1, 0.15) is 47.2 Å². The van der Waals surface area contributed by atoms with Gasteiger partial charge in [-0.25, -0.2) is 0 Å². The Morgan fingerprint density at radius 1 is 0.410 bits per heavy atom. The second-order valence-corrected chi connectivity index (χ2v) is 10.3. The molecule has 0 aliphatic heterocycles. The molecule has 0 N–H and O–H groups in total. The lowest BCUT2D eigenvalue weighted by molar-refractivity contribution is 0.768. The number of hydrogen-bond donors (Lipinski definition) is 0. The van der Waals surface area contributed by atoms with Crippen LogP contribution in [0.5, 0.6) is 0 Å². The third-order valence-corrected chi connectivity index (χ3v) is 8.10. The van der Waals surface area contributed by atoms with Gasteiger partial charge in [0.1, 0.15) is 0 Å². The molecule has 0 heteroatoms. The molecule has 0 heterocycles. The van der Waals surface area contributed by atoms with Crippen LogP contribution in [0.4, 0.5) is 0 Å². The van der Waals surface area contributed by atoms with Gasteiger partial charge in [-0.1, -0.05) is 146 Å². The Kier molecular flexibility index (Phi) is 6.41. The molecule has 190 valence electrons. The van der Waals surface area contributed by atoms with Gasteiger partial charge in [-0.2, -0.15) is 0 Å². The Labute approximate surface area is 232 Å². The Hall–Kier alpha value is -4.42. The first-order valence-electron chi connectivity index (χ1n) is 14.0. The van der Waals surface area contributed by atoms with Crippen molar-refractivity contribution in [2.24, 2.45) is 0 Å². The van der Waals surface area contributed by atoms with Crippen LogP contribution in [0.3, 0.4) is 0 Å². The average molecular weight is 503 g/mol. The summed E-state index contributed by atoms with van der Waals surface area (Å²) < 4.78 is 0. The van der Waals surface area contributed by atoms with Crippen LogP contribution in [0.25, 0.3) is 33.0 Å². The molecule has 7 rings (SSSR count). The maximum Gasteiger partial charge on any atom is 0.0713 e. The highest BCUT2D eigenvalue weighted by atomic mass is 14.5. The van der Waals surface area contributed by atoms with Gasteiger partial charge in [-0.05, 0) is 81.3 Å². The lowest BCUT2D eigenvalue weighted by Gasteiger charge is -2.34. The fourth-order valence-electron chi connectivity index (χ4n) is 6.22. The van der Waals surface area contributed by atoms with Crippen LogP contribution in [-0.4, -0.2) is 0 Å². The molecule has 1 aliphatic rings. The molecule has 0 aromatic heterocycles. The highest BCUT2D eigenvalue weighted by molar-refractivity contribution is 5.91. The molecule has 1 aliphatic carbocycles. The van der Waals surface area contributed by atoms with Crippen molar-refractivity contribution in [3.05, 3.63) is 167 Å². The van der Waals surface area contributed by atoms with Gasteiger partial charge in [0, 0.05) is 0 Å². The summed E-state index contributed by atoms with van der Waals surface area (Å²) in [4.78, 5) is 0. The maximum atomic E-state index is 2.44. The summed E-state index contributed by atoms with van der Waals surface area (Å²) in [6.45, 7) is 8.33. The van der Waals surface area contributed by atoms with Gasteiger partial charge in [-0.3, -0.25) is 0 Å². The zero-order valence-electron chi connectivity index (χ0n) is 23.2. The molecular weight excluding hydrogens is 468 g/mol. The zero-order chi connectivity index (χ0) is 27.0. The van der Waals surface area contributed by atoms with Crippen molar-refractivity contribution in [1.29, 1.82) is 0 Å². The number of benzene rings is 6. The van der Waals surface area contributed by atoms with Crippen molar-refractivity contribution in [2.45, 2.75) is 33.1 Å². The molecule has 0 nitrogen and oxygen atoms in total. The SMILES string of the molecule is CC.Cc1ccc(C2(c3ccc(C)cc3)c3ccccc3-c3ccc(-c4ccc5ccccc5c4)cc32)cc1. The van der Waals surface area contributed by atoms with Gasteiger partial charge in [0.05, 0.1) is 5.41 Å². The largest absolute Gasteiger partial charge is 0.0713 e. The van der Waals surface area contributed by atoms with Gasteiger partial charge in [-0.15, -0.1) is 0 Å². The van der Waals surface area contributed by atoms with Gasteiger partial charge in [0.25, 0.3) is 0 Å². The Morgan fingerprint density at radius 2 is 0.923 bits per heavy atom. The molecule has 0 bridgehead atoms. The topological polar surface area (TPSA) is 0 Å². The molecule has 0 atom stereocenters. The van der Waals surface area contributed by atoms with Gasteiger partial charge >= 0.3 is 0 Å². The van der Waals surface area contributed by atoms with E-state index in [1.165, 1.54) is 66.4 Å². The highest BCUT2D eigenvalue weighted by Crippen LogP contribution is 2.56. The summed E-state index contributed by atoms with van der Waals surface area (Å²) in [5, 5.41) is 2.54. The van der Waals surface area contributed by atoms with Crippen LogP contribution in [0, 0.1) is 13.8 Å². The van der Waals surface area contributed by atoms with Crippen LogP contribution in [0.15, 0.2) is 133 Å². The number of rotatable bonds is 3. The molecule has 0 saturated heterocycles. The van der Waals surface area contributed by atoms with Crippen molar-refractivity contribution < 1.29 is 0 Å². The van der Waals surface area contributed by atoms with E-state index in [-0.39, 0.29) is 5.41 Å². The van der Waals surface area contributed by atoms with Crippen LogP contribution >= 0.6 is 0 Å². The van der Waals surface area contributed by atoms with Gasteiger partial charge < -0.3 is 0 Å². The normalized spacial score (nSPS) is 12.8. The minimum atomic E-state index is -0.375. The van der Waals surface area contributed by atoms with E-state index in [9.17, 15) is 0 Å². The van der Waals surface area contributed by atoms with Crippen LogP contribution in [0.2, 0.25) is 0 Å². The first-order chi connectivity index (χ1) is 19.1. The molecule has 39 heavy (non-hydrogen) atoms. The number of aryl methyl sites for hydroxylation is 2. The summed E-state index contributed by atoms with van der Waals surface area (Å²) in [7, 11) is 0. The summed E-state index contributed by atoms with van der Waals surface area (Å²) in [5.74, 6) is 0. The van der Waals surface area contributed by atoms with Crippen molar-refractivity contribution in [1.82, 2.24) is 0 Å². The molecule has 0 fully saturated rings. The Bertz CT molecular complexity index is 1720. The Morgan fingerprint density at radius 3 is 1.59 bits per heavy atom. The minimum absolute atomic E-state index is 0.375. The van der Waals surface area contributed by atoms with Crippen LogP contribution in [-0.2, 0) is 5.41 Å². The average Bonchev–Trinajstić information content (AvgIpc) is 3.29. The predicted octanol–water partition coefficient (Wildman–Crippen LogP) is 10.5. The molecular formula is C39H34. The highest BCUT2D eigenvalue weighted by Gasteiger charge is 2.46. The van der Waals surface area contributed by atoms with Crippen molar-refractivity contribution in [3.63, 3.8) is 0 Å². The van der Waals surface area contributed by atoms with E-state index in [0.717, 1.165) is 0 Å². The summed E-state index contributed by atoms with van der Waals surface area (Å²) in [5.41, 5.74) is 12.6. The second-order valence-electron chi connectivity index (χ2n) is 10.3. The molecule has 6 aromatic carbocycles. The van der Waals surface area contributed by atoms with E-state index in [1.54, 1.807) is 0 Å². The third kappa shape index (κ3) is 3.99. The summed E-state index contributed by atoms with van der Waals surface area (Å²) >= 11 is 0. The van der Waals surface area contributed by atoms with E-state index in [0.29, 0.717) is 0 Å². The molecule has 6 aromatic rings. The number of fused-ring (bicyclic) bond motifs is 4. The maximum absolute atomic E-state index is 2.44. The van der Waals surface area contributed by atoms with Crippen molar-refractivity contribution >= 4 is 10.8 Å². The smallest absolute Gasteiger partial charge is 0.0683 e. The first-order valence-corrected chi connectivity index (χ1v) is 14.0. The van der Waals surface area contributed by atoms with E-state index >= 15 is 0 Å². The molecule has 0 saturated carbocycles. The van der Waals surface area contributed by atoms with E-state index in [4.69, 9.17) is 0 Å². The van der Waals surface area contributed by atoms with Crippen LogP contribution < -0.4 is 0 Å². The van der Waals surface area contributed by atoms with Gasteiger partial charge in [0.15, 0.2) is 0 Å². The fraction of sp³-hybridized carbons (Fsp3) is 0.128. The fourth-order valence-corrected chi connectivity index (χ4v) is 6.22. The standard InChI is InChI=1S/C37H28.C2H6/c1-25-11-18-31(19-12-25)37(32-20-13-26(2)14-21-32)35-10-6-5-9-33(35)34-22-17-30(24-36(34)37)29-16-15-27-7-3-4-8-28(27)23-29;1-2/h3-24H,1-2H3;1-2H3. The Balaban J connectivity index is 0.00000135. The van der Waals surface area contributed by atoms with Gasteiger partial charge in [0.2, 0.25) is 0 Å². The monoisotopic (exact) mass is 502 g/mol. The molecule has 0 amide bonds. The lowest BCUT2D eigenvalue weighted by atomic mass is 9.67. The molecule has 0 radical (unpaired) electrons. The van der Waals surface area contributed by atoms with E-state index in [1.807, 2.05) is 13.8 Å². The minimum Gasteiger partial charge on any atom is -0.0683 e. The number of hydrogen-bond acceptors (Lipinski definition) is 0. The zero-order valence-corrected chi connectivity index (χ0v) is 23.2. The van der Waals surface area contributed by atoms with E-state index in [2.05, 4.69) is 147 Å². The molecule has 0 unspecified atom stereocenters. The third-order valence-electron chi connectivity index (χ3n) is 8.10. The molecule has 0 spiro atoms. The predicted molar refractivity (Wildman–Crippen MR) is 168 cm³/mol. The summed E-state index contributed by atoms with van der Waals surface area (Å²) in [6.07, 6.45) is 0. The second kappa shape index (κ2) is 10.0. The quantitative estimate of drug-likeness (QED) is 0.225. The van der Waals surface area contributed by atoms with E-state index < -0.39 is 0 Å². The van der Waals surface area contributed by atoms with Crippen molar-refractivity contribution in [2.75, 3.05) is 0 Å².